The summed E-state index contributed by atoms with van der Waals surface area (Å²) in [6.45, 7) is -0.100. The van der Waals surface area contributed by atoms with E-state index in [2.05, 4.69) is 25.3 Å². The Kier molecular flexibility index (Phi) is 19.9. The van der Waals surface area contributed by atoms with Gasteiger partial charge in [0.05, 0.1) is 43.7 Å². The van der Waals surface area contributed by atoms with Crippen molar-refractivity contribution < 1.29 is 103 Å². The number of rotatable bonds is 28. The van der Waals surface area contributed by atoms with Crippen LogP contribution in [-0.2, 0) is 58.3 Å². The first-order valence-corrected chi connectivity index (χ1v) is 22.0. The molecule has 1 aromatic carbocycles. The SMILES string of the molecule is C[C@@H](Nc1ccc(C[C@H](O)[C@H](O)[C@H](O)CO[C@H]2O[C@H](COP(=O)(O)O[C@@H](CCC(=O)O)C(=O)N[C@@H](CCC(=O)O)C(=O)N[C@@H](CC(=O)O)C(=O)O)[C@@H](O)[C@H]2O)cc1)c1cnc2nc(N)[nH]c(=O)c2n1. The second-order valence-electron chi connectivity index (χ2n) is 15.4. The van der Waals surface area contributed by atoms with Crippen LogP contribution in [0.2, 0.25) is 0 Å². The van der Waals surface area contributed by atoms with Crippen LogP contribution in [0.1, 0.15) is 56.3 Å². The number of hydrogen-bond acceptors (Lipinski definition) is 22. The lowest BCUT2D eigenvalue weighted by Gasteiger charge is -2.25. The van der Waals surface area contributed by atoms with Gasteiger partial charge >= 0.3 is 31.7 Å². The van der Waals surface area contributed by atoms with Crippen molar-refractivity contribution >= 4 is 66.3 Å². The first-order chi connectivity index (χ1) is 32.3. The number of ether oxygens (including phenoxy) is 2. The second-order valence-corrected chi connectivity index (χ2v) is 16.9. The Hall–Kier alpha value is -6.31. The molecule has 0 saturated carbocycles. The molecule has 3 heterocycles. The molecule has 380 valence electrons. The predicted octanol–water partition coefficient (Wildman–Crippen LogP) is -3.68. The topological polar surface area (TPSA) is 492 Å². The van der Waals surface area contributed by atoms with Crippen LogP contribution in [0.25, 0.3) is 11.2 Å². The number of phosphoric ester groups is 1. The molecule has 1 aliphatic heterocycles. The van der Waals surface area contributed by atoms with Crippen LogP contribution in [0, 0.1) is 0 Å². The molecular formula is C38H51N8O22P. The zero-order chi connectivity index (χ0) is 51.3. The van der Waals surface area contributed by atoms with Crippen LogP contribution in [0.4, 0.5) is 11.6 Å². The number of phosphoric acid groups is 1. The lowest BCUT2D eigenvalue weighted by atomic mass is 10.0. The van der Waals surface area contributed by atoms with Crippen molar-refractivity contribution in [2.24, 2.45) is 0 Å². The third-order valence-corrected chi connectivity index (χ3v) is 11.1. The third-order valence-electron chi connectivity index (χ3n) is 10.1. The van der Waals surface area contributed by atoms with Crippen LogP contribution >= 0.6 is 7.82 Å². The molecule has 0 aliphatic carbocycles. The number of carbonyl (C=O) groups is 6. The number of carboxylic acids is 4. The number of carbonyl (C=O) groups excluding carboxylic acids is 2. The van der Waals surface area contributed by atoms with Gasteiger partial charge in [-0.05, 0) is 37.5 Å². The van der Waals surface area contributed by atoms with E-state index in [1.807, 2.05) is 10.6 Å². The van der Waals surface area contributed by atoms with Crippen molar-refractivity contribution in [3.05, 3.63) is 52.1 Å². The van der Waals surface area contributed by atoms with Gasteiger partial charge in [0.25, 0.3) is 5.56 Å². The number of fused-ring (bicyclic) bond motifs is 1. The number of carboxylic acid groups (broad SMARTS) is 4. The number of aromatic amines is 1. The number of nitrogen functional groups attached to an aromatic ring is 1. The molecular weight excluding hydrogens is 951 g/mol. The van der Waals surface area contributed by atoms with Gasteiger partial charge in [0, 0.05) is 24.9 Å². The molecule has 2 amide bonds. The summed E-state index contributed by atoms with van der Waals surface area (Å²) in [5, 5.41) is 96.4. The minimum Gasteiger partial charge on any atom is -0.481 e. The van der Waals surface area contributed by atoms with Crippen molar-refractivity contribution in [1.29, 1.82) is 0 Å². The summed E-state index contributed by atoms with van der Waals surface area (Å²) in [5.41, 5.74) is 6.63. The number of nitrogens with one attached hydrogen (secondary N) is 4. The van der Waals surface area contributed by atoms with Crippen molar-refractivity contribution in [1.82, 2.24) is 30.6 Å². The molecule has 0 bridgehead atoms. The Morgan fingerprint density at radius 1 is 0.884 bits per heavy atom. The smallest absolute Gasteiger partial charge is 0.473 e. The molecule has 1 saturated heterocycles. The zero-order valence-electron chi connectivity index (χ0n) is 36.1. The summed E-state index contributed by atoms with van der Waals surface area (Å²) in [7, 11) is -5.48. The zero-order valence-corrected chi connectivity index (χ0v) is 37.0. The number of nitrogens with zero attached hydrogens (tertiary/aromatic N) is 3. The van der Waals surface area contributed by atoms with E-state index in [4.69, 9.17) is 34.5 Å². The van der Waals surface area contributed by atoms with Gasteiger partial charge in [0.1, 0.15) is 48.7 Å². The number of benzene rings is 1. The van der Waals surface area contributed by atoms with Gasteiger partial charge in [-0.15, -0.1) is 0 Å². The van der Waals surface area contributed by atoms with Gasteiger partial charge in [0.15, 0.2) is 17.5 Å². The molecule has 1 aliphatic rings. The third kappa shape index (κ3) is 16.7. The van der Waals surface area contributed by atoms with Crippen molar-refractivity contribution in [2.75, 3.05) is 24.3 Å². The van der Waals surface area contributed by atoms with Gasteiger partial charge in [-0.1, -0.05) is 12.1 Å². The molecule has 0 spiro atoms. The molecule has 16 N–H and O–H groups in total. The molecule has 1 fully saturated rings. The second kappa shape index (κ2) is 24.8. The predicted molar refractivity (Wildman–Crippen MR) is 227 cm³/mol. The van der Waals surface area contributed by atoms with Crippen LogP contribution in [0.5, 0.6) is 0 Å². The molecule has 12 atom stereocenters. The highest BCUT2D eigenvalue weighted by atomic mass is 31.2. The monoisotopic (exact) mass is 1000 g/mol. The average Bonchev–Trinajstić information content (AvgIpc) is 3.55. The Bertz CT molecular complexity index is 2410. The fourth-order valence-electron chi connectivity index (χ4n) is 6.41. The number of amides is 2. The number of aliphatic hydroxyl groups excluding tert-OH is 5. The number of anilines is 2. The highest BCUT2D eigenvalue weighted by Gasteiger charge is 2.46. The minimum atomic E-state index is -5.48. The van der Waals surface area contributed by atoms with Gasteiger partial charge in [-0.3, -0.25) is 42.8 Å². The Morgan fingerprint density at radius 2 is 1.52 bits per heavy atom. The van der Waals surface area contributed by atoms with Crippen molar-refractivity contribution in [2.45, 2.75) is 113 Å². The summed E-state index contributed by atoms with van der Waals surface area (Å²) in [6.07, 6.45) is -17.8. The van der Waals surface area contributed by atoms with Gasteiger partial charge < -0.3 is 82.0 Å². The molecule has 31 heteroatoms. The van der Waals surface area contributed by atoms with E-state index in [0.717, 1.165) is 0 Å². The highest BCUT2D eigenvalue weighted by molar-refractivity contribution is 7.47. The number of aliphatic carboxylic acids is 4. The standard InChI is InChI=1S/C38H51N8O22P/c1-15(20-12-40-32-28(42-20)35(60)46-38(39)45-32)41-17-4-2-16(3-5-17)10-21(47)29(55)22(48)13-65-37-31(57)30(56)24(67-37)14-66-69(63,64)68-23(7-9-26(51)52)34(59)43-18(6-8-25(49)50)33(58)44-19(36(61)62)11-27(53)54/h2-5,12,15,18-19,21-24,29-31,37,41,47-48,55-57H,6-11,13-14H2,1H3,(H,43,59)(H,44,58)(H,49,50)(H,51,52)(H,53,54)(H,61,62)(H,63,64)(H3,39,40,45,46,60)/t15-,18+,19+,21+,22-,23+,24-,29+,30-,31-,37+/m1/s1. The van der Waals surface area contributed by atoms with Crippen LogP contribution in [0.15, 0.2) is 35.3 Å². The highest BCUT2D eigenvalue weighted by Crippen LogP contribution is 2.46. The van der Waals surface area contributed by atoms with Crippen LogP contribution in [-0.4, -0.2) is 181 Å². The van der Waals surface area contributed by atoms with Gasteiger partial charge in [-0.2, -0.15) is 4.98 Å². The summed E-state index contributed by atoms with van der Waals surface area (Å²) in [4.78, 5) is 108. The molecule has 3 aromatic rings. The van der Waals surface area contributed by atoms with Crippen molar-refractivity contribution in [3.63, 3.8) is 0 Å². The molecule has 0 radical (unpaired) electrons. The summed E-state index contributed by atoms with van der Waals surface area (Å²) in [5.74, 6) is -9.46. The van der Waals surface area contributed by atoms with Crippen LogP contribution in [0.3, 0.4) is 0 Å². The van der Waals surface area contributed by atoms with E-state index in [1.54, 1.807) is 31.2 Å². The maximum Gasteiger partial charge on any atom is 0.473 e. The normalized spacial score (nSPS) is 20.9. The Balaban J connectivity index is 1.29. The van der Waals surface area contributed by atoms with Crippen LogP contribution < -0.4 is 27.2 Å². The molecule has 1 unspecified atom stereocenters. The summed E-state index contributed by atoms with van der Waals surface area (Å²) < 4.78 is 33.3. The summed E-state index contributed by atoms with van der Waals surface area (Å²) >= 11 is 0. The summed E-state index contributed by atoms with van der Waals surface area (Å²) in [6, 6.07) is 2.19. The molecule has 2 aromatic heterocycles. The molecule has 30 nitrogen and oxygen atoms in total. The fraction of sp³-hybridized carbons (Fsp3) is 0.526. The van der Waals surface area contributed by atoms with E-state index >= 15 is 0 Å². The van der Waals surface area contributed by atoms with Gasteiger partial charge in [-0.25, -0.2) is 19.3 Å². The maximum absolute atomic E-state index is 13.2. The van der Waals surface area contributed by atoms with E-state index in [9.17, 15) is 78.8 Å². The largest absolute Gasteiger partial charge is 0.481 e. The Morgan fingerprint density at radius 3 is 2.14 bits per heavy atom. The van der Waals surface area contributed by atoms with Gasteiger partial charge in [0.2, 0.25) is 17.8 Å². The number of nitrogens with two attached hydrogens (primary N) is 1. The average molecular weight is 1000 g/mol. The number of H-pyrrole nitrogens is 1. The lowest BCUT2D eigenvalue weighted by Crippen LogP contribution is -2.54. The van der Waals surface area contributed by atoms with Crippen molar-refractivity contribution in [3.8, 4) is 0 Å². The van der Waals surface area contributed by atoms with E-state index in [-0.39, 0.29) is 23.5 Å². The number of aliphatic hydroxyl groups is 5. The first kappa shape index (κ1) is 55.3. The van der Waals surface area contributed by atoms with E-state index < -0.39 is 162 Å². The van der Waals surface area contributed by atoms with E-state index in [1.165, 1.54) is 6.20 Å². The number of hydrogen-bond donors (Lipinski definition) is 15. The van der Waals surface area contributed by atoms with E-state index in [0.29, 0.717) is 16.9 Å². The first-order valence-electron chi connectivity index (χ1n) is 20.5. The lowest BCUT2D eigenvalue weighted by molar-refractivity contribution is -0.192. The fourth-order valence-corrected chi connectivity index (χ4v) is 7.33. The Labute approximate surface area is 388 Å². The molecule has 4 rings (SSSR count). The quantitative estimate of drug-likeness (QED) is 0.0312. The molecule has 69 heavy (non-hydrogen) atoms. The number of aromatic nitrogens is 4. The minimum absolute atomic E-state index is 0.000270. The maximum atomic E-state index is 13.2.